The predicted octanol–water partition coefficient (Wildman–Crippen LogP) is 2.22. The molecule has 2 heterocycles. The number of anilines is 1. The fourth-order valence-corrected chi connectivity index (χ4v) is 2.77. The van der Waals surface area contributed by atoms with Gasteiger partial charge in [-0.3, -0.25) is 9.59 Å². The van der Waals surface area contributed by atoms with Crippen LogP contribution in [0.25, 0.3) is 11.0 Å². The van der Waals surface area contributed by atoms with Crippen LogP contribution in [0.5, 0.6) is 0 Å². The lowest BCUT2D eigenvalue weighted by Crippen LogP contribution is -2.23. The molecule has 0 unspecified atom stereocenters. The summed E-state index contributed by atoms with van der Waals surface area (Å²) >= 11 is 0. The molecule has 7 heteroatoms. The van der Waals surface area contributed by atoms with Gasteiger partial charge in [0, 0.05) is 31.3 Å². The van der Waals surface area contributed by atoms with Crippen LogP contribution >= 0.6 is 0 Å². The van der Waals surface area contributed by atoms with Crippen LogP contribution in [-0.2, 0) is 19.5 Å². The van der Waals surface area contributed by atoms with Crippen LogP contribution in [0.4, 0.5) is 5.69 Å². The fourth-order valence-electron chi connectivity index (χ4n) is 2.77. The third kappa shape index (κ3) is 3.17. The highest BCUT2D eigenvalue weighted by atomic mass is 16.2. The topological polar surface area (TPSA) is 81.8 Å². The van der Waals surface area contributed by atoms with E-state index in [0.717, 1.165) is 21.5 Å². The van der Waals surface area contributed by atoms with Crippen molar-refractivity contribution >= 4 is 22.6 Å². The summed E-state index contributed by atoms with van der Waals surface area (Å²) in [7, 11) is 3.50. The molecule has 7 nitrogen and oxygen atoms in total. The maximum atomic E-state index is 12.3. The first kappa shape index (κ1) is 16.9. The van der Waals surface area contributed by atoms with Gasteiger partial charge in [0.2, 0.25) is 0 Å². The summed E-state index contributed by atoms with van der Waals surface area (Å²) < 4.78 is 3.20. The number of amides is 1. The van der Waals surface area contributed by atoms with Gasteiger partial charge in [0.1, 0.15) is 11.5 Å². The Morgan fingerprint density at radius 1 is 1.12 bits per heavy atom. The second-order valence-electron chi connectivity index (χ2n) is 7.08. The van der Waals surface area contributed by atoms with Crippen LogP contribution < -0.4 is 10.9 Å². The van der Waals surface area contributed by atoms with Crippen LogP contribution in [0.2, 0.25) is 0 Å². The van der Waals surface area contributed by atoms with E-state index < -0.39 is 0 Å². The molecule has 0 aliphatic heterocycles. The van der Waals surface area contributed by atoms with E-state index in [0.29, 0.717) is 5.69 Å². The molecule has 0 saturated heterocycles. The Morgan fingerprint density at radius 2 is 1.84 bits per heavy atom. The Labute approximate surface area is 145 Å². The lowest BCUT2D eigenvalue weighted by molar-refractivity contribution is 0.102. The van der Waals surface area contributed by atoms with Crippen LogP contribution in [0.15, 0.2) is 35.1 Å². The number of nitrogens with one attached hydrogen (secondary N) is 1. The number of carbonyl (C=O) groups is 1. The van der Waals surface area contributed by atoms with Gasteiger partial charge in [-0.05, 0) is 24.3 Å². The van der Waals surface area contributed by atoms with Gasteiger partial charge in [0.15, 0.2) is 0 Å². The van der Waals surface area contributed by atoms with E-state index in [1.54, 1.807) is 0 Å². The molecule has 0 aliphatic carbocycles. The zero-order valence-electron chi connectivity index (χ0n) is 15.0. The minimum Gasteiger partial charge on any atom is -0.331 e. The number of hydrogen-bond acceptors (Lipinski definition) is 4. The summed E-state index contributed by atoms with van der Waals surface area (Å²) in [6.45, 7) is 6.34. The van der Waals surface area contributed by atoms with E-state index in [-0.39, 0.29) is 22.6 Å². The molecule has 0 aliphatic rings. The molecule has 3 rings (SSSR count). The molecule has 1 amide bonds. The summed E-state index contributed by atoms with van der Waals surface area (Å²) in [6.07, 6.45) is 0. The van der Waals surface area contributed by atoms with Crippen LogP contribution in [0.1, 0.15) is 37.1 Å². The smallest absolute Gasteiger partial charge is 0.276 e. The molecule has 0 atom stereocenters. The molecular formula is C18H21N5O2. The average molecular weight is 339 g/mol. The first-order valence-electron chi connectivity index (χ1n) is 7.99. The maximum Gasteiger partial charge on any atom is 0.276 e. The lowest BCUT2D eigenvalue weighted by Gasteiger charge is -2.17. The van der Waals surface area contributed by atoms with E-state index >= 15 is 0 Å². The SMILES string of the molecule is Cn1nc(C(=O)Nc2ccc3c(c2)nc(C(C)(C)C)n3C)ccc1=O. The van der Waals surface area contributed by atoms with Crippen molar-refractivity contribution in [3.63, 3.8) is 0 Å². The van der Waals surface area contributed by atoms with Gasteiger partial charge < -0.3 is 9.88 Å². The van der Waals surface area contributed by atoms with Gasteiger partial charge in [-0.25, -0.2) is 9.67 Å². The second-order valence-corrected chi connectivity index (χ2v) is 7.08. The predicted molar refractivity (Wildman–Crippen MR) is 96.8 cm³/mol. The van der Waals surface area contributed by atoms with Crippen molar-refractivity contribution < 1.29 is 4.79 Å². The number of aromatic nitrogens is 4. The normalized spacial score (nSPS) is 11.7. The van der Waals surface area contributed by atoms with Crippen molar-refractivity contribution in [3.05, 3.63) is 52.2 Å². The van der Waals surface area contributed by atoms with Gasteiger partial charge >= 0.3 is 0 Å². The molecule has 0 fully saturated rings. The molecule has 0 bridgehead atoms. The monoisotopic (exact) mass is 339 g/mol. The molecule has 25 heavy (non-hydrogen) atoms. The quantitative estimate of drug-likeness (QED) is 0.776. The summed E-state index contributed by atoms with van der Waals surface area (Å²) in [5.41, 5.74) is 2.30. The van der Waals surface area contributed by atoms with Crippen LogP contribution in [0.3, 0.4) is 0 Å². The van der Waals surface area contributed by atoms with Crippen molar-refractivity contribution in [2.75, 3.05) is 5.32 Å². The number of rotatable bonds is 2. The first-order chi connectivity index (χ1) is 11.7. The Morgan fingerprint density at radius 3 is 2.48 bits per heavy atom. The number of fused-ring (bicyclic) bond motifs is 1. The number of carbonyl (C=O) groups excluding carboxylic acids is 1. The van der Waals surface area contributed by atoms with E-state index in [2.05, 4.69) is 35.8 Å². The van der Waals surface area contributed by atoms with E-state index in [9.17, 15) is 9.59 Å². The molecule has 1 aromatic carbocycles. The van der Waals surface area contributed by atoms with Crippen molar-refractivity contribution in [3.8, 4) is 0 Å². The highest BCUT2D eigenvalue weighted by molar-refractivity contribution is 6.03. The summed E-state index contributed by atoms with van der Waals surface area (Å²) in [6, 6.07) is 8.33. The molecule has 0 radical (unpaired) electrons. The van der Waals surface area contributed by atoms with Gasteiger partial charge in [-0.1, -0.05) is 20.8 Å². The second kappa shape index (κ2) is 5.84. The summed E-state index contributed by atoms with van der Waals surface area (Å²) in [5, 5.41) is 6.75. The van der Waals surface area contributed by atoms with Crippen molar-refractivity contribution in [1.29, 1.82) is 0 Å². The Hall–Kier alpha value is -2.96. The maximum absolute atomic E-state index is 12.3. The largest absolute Gasteiger partial charge is 0.331 e. The van der Waals surface area contributed by atoms with Crippen molar-refractivity contribution in [2.45, 2.75) is 26.2 Å². The zero-order chi connectivity index (χ0) is 18.4. The number of aryl methyl sites for hydroxylation is 2. The molecule has 130 valence electrons. The van der Waals surface area contributed by atoms with Crippen molar-refractivity contribution in [2.24, 2.45) is 14.1 Å². The minimum atomic E-state index is -0.373. The first-order valence-corrected chi connectivity index (χ1v) is 7.99. The van der Waals surface area contributed by atoms with Crippen LogP contribution in [0, 0.1) is 0 Å². The molecule has 0 spiro atoms. The van der Waals surface area contributed by atoms with Crippen molar-refractivity contribution in [1.82, 2.24) is 19.3 Å². The lowest BCUT2D eigenvalue weighted by atomic mass is 9.96. The Bertz CT molecular complexity index is 1020. The number of benzene rings is 1. The fraction of sp³-hybridized carbons (Fsp3) is 0.333. The van der Waals surface area contributed by atoms with Gasteiger partial charge in [0.05, 0.1) is 11.0 Å². The number of hydrogen-bond donors (Lipinski definition) is 1. The van der Waals surface area contributed by atoms with Gasteiger partial charge in [0.25, 0.3) is 11.5 Å². The Balaban J connectivity index is 1.93. The molecule has 0 saturated carbocycles. The number of imidazole rings is 1. The van der Waals surface area contributed by atoms with E-state index in [4.69, 9.17) is 4.98 Å². The summed E-state index contributed by atoms with van der Waals surface area (Å²) in [4.78, 5) is 28.4. The third-order valence-corrected chi connectivity index (χ3v) is 4.00. The highest BCUT2D eigenvalue weighted by Crippen LogP contribution is 2.27. The number of nitrogens with zero attached hydrogens (tertiary/aromatic N) is 4. The minimum absolute atomic E-state index is 0.0735. The summed E-state index contributed by atoms with van der Waals surface area (Å²) in [5.74, 6) is 0.604. The van der Waals surface area contributed by atoms with E-state index in [1.165, 1.54) is 19.2 Å². The van der Waals surface area contributed by atoms with Crippen LogP contribution in [-0.4, -0.2) is 25.2 Å². The third-order valence-electron chi connectivity index (χ3n) is 4.00. The molecule has 2 aromatic heterocycles. The zero-order valence-corrected chi connectivity index (χ0v) is 15.0. The molecule has 1 N–H and O–H groups in total. The van der Waals surface area contributed by atoms with Gasteiger partial charge in [-0.15, -0.1) is 0 Å². The molecular weight excluding hydrogens is 318 g/mol. The molecule has 3 aromatic rings. The Kier molecular flexibility index (Phi) is 3.94. The standard InChI is InChI=1S/C18H21N5O2/c1-18(2,3)17-20-13-10-11(6-8-14(13)22(17)4)19-16(25)12-7-9-15(24)23(5)21-12/h6-10H,1-5H3,(H,19,25). The average Bonchev–Trinajstić information content (AvgIpc) is 2.86. The van der Waals surface area contributed by atoms with E-state index in [1.807, 2.05) is 25.2 Å². The highest BCUT2D eigenvalue weighted by Gasteiger charge is 2.21. The van der Waals surface area contributed by atoms with Gasteiger partial charge in [-0.2, -0.15) is 5.10 Å².